The van der Waals surface area contributed by atoms with Crippen LogP contribution in [0.4, 0.5) is 0 Å². The first-order valence-electron chi connectivity index (χ1n) is 9.44. The van der Waals surface area contributed by atoms with Crippen molar-refractivity contribution in [2.45, 2.75) is 18.4 Å². The molecular weight excluding hydrogens is 372 g/mol. The summed E-state index contributed by atoms with van der Waals surface area (Å²) in [7, 11) is 3.18. The first-order valence-corrected chi connectivity index (χ1v) is 9.44. The lowest BCUT2D eigenvalue weighted by Gasteiger charge is -2.23. The minimum absolute atomic E-state index is 0.130. The van der Waals surface area contributed by atoms with Gasteiger partial charge in [-0.05, 0) is 24.1 Å². The van der Waals surface area contributed by atoms with E-state index in [2.05, 4.69) is 10.3 Å². The number of para-hydroxylation sites is 2. The van der Waals surface area contributed by atoms with Gasteiger partial charge in [0, 0.05) is 41.7 Å². The molecule has 7 nitrogen and oxygen atoms in total. The summed E-state index contributed by atoms with van der Waals surface area (Å²) in [4.78, 5) is 14.8. The molecule has 3 aromatic rings. The summed E-state index contributed by atoms with van der Waals surface area (Å²) in [5.41, 5.74) is 2.91. The van der Waals surface area contributed by atoms with Crippen LogP contribution in [0.2, 0.25) is 0 Å². The van der Waals surface area contributed by atoms with E-state index in [-0.39, 0.29) is 18.9 Å². The Bertz CT molecular complexity index is 969. The minimum Gasteiger partial charge on any atom is -0.493 e. The number of aromatic amines is 1. The van der Waals surface area contributed by atoms with Gasteiger partial charge in [-0.2, -0.15) is 0 Å². The average molecular weight is 398 g/mol. The minimum atomic E-state index is -0.991. The Morgan fingerprint density at radius 3 is 2.59 bits per heavy atom. The lowest BCUT2D eigenvalue weighted by Crippen LogP contribution is -2.39. The maximum atomic E-state index is 11.5. The molecule has 0 amide bonds. The number of carboxylic acids is 1. The Hall–Kier alpha value is -3.03. The van der Waals surface area contributed by atoms with E-state index in [0.29, 0.717) is 18.0 Å². The third-order valence-corrected chi connectivity index (χ3v) is 5.09. The van der Waals surface area contributed by atoms with Gasteiger partial charge in [-0.1, -0.05) is 30.3 Å². The third kappa shape index (κ3) is 4.36. The van der Waals surface area contributed by atoms with E-state index in [9.17, 15) is 15.0 Å². The van der Waals surface area contributed by atoms with Crippen LogP contribution < -0.4 is 14.8 Å². The smallest absolute Gasteiger partial charge is 0.320 e. The molecular formula is C22H26N2O5. The van der Waals surface area contributed by atoms with Gasteiger partial charge in [0.2, 0.25) is 0 Å². The summed E-state index contributed by atoms with van der Waals surface area (Å²) >= 11 is 0. The molecule has 0 aliphatic heterocycles. The fraction of sp³-hybridized carbons (Fsp3) is 0.318. The Morgan fingerprint density at radius 2 is 1.90 bits per heavy atom. The van der Waals surface area contributed by atoms with Crippen LogP contribution in [0.25, 0.3) is 10.9 Å². The quantitative estimate of drug-likeness (QED) is 0.419. The van der Waals surface area contributed by atoms with Crippen LogP contribution >= 0.6 is 0 Å². The van der Waals surface area contributed by atoms with Gasteiger partial charge in [0.15, 0.2) is 11.5 Å². The Morgan fingerprint density at radius 1 is 1.10 bits per heavy atom. The molecule has 0 saturated heterocycles. The van der Waals surface area contributed by atoms with E-state index in [1.807, 2.05) is 48.7 Å². The normalized spacial score (nSPS) is 13.2. The molecule has 2 atom stereocenters. The lowest BCUT2D eigenvalue weighted by molar-refractivity contribution is -0.139. The highest BCUT2D eigenvalue weighted by molar-refractivity contribution is 5.84. The Labute approximate surface area is 169 Å². The van der Waals surface area contributed by atoms with Crippen LogP contribution in [0.15, 0.2) is 48.7 Å². The zero-order valence-corrected chi connectivity index (χ0v) is 16.5. The Kier molecular flexibility index (Phi) is 6.74. The van der Waals surface area contributed by atoms with Crippen LogP contribution in [0.5, 0.6) is 11.5 Å². The number of nitrogens with one attached hydrogen (secondary N) is 2. The molecule has 0 saturated carbocycles. The number of benzene rings is 2. The van der Waals surface area contributed by atoms with E-state index >= 15 is 0 Å². The molecule has 0 fully saturated rings. The summed E-state index contributed by atoms with van der Waals surface area (Å²) in [6.45, 7) is 0.145. The summed E-state index contributed by atoms with van der Waals surface area (Å²) in [6, 6.07) is 12.8. The first kappa shape index (κ1) is 20.7. The van der Waals surface area contributed by atoms with Crippen molar-refractivity contribution in [2.75, 3.05) is 27.4 Å². The van der Waals surface area contributed by atoms with Crippen molar-refractivity contribution in [1.29, 1.82) is 0 Å². The van der Waals surface area contributed by atoms with Gasteiger partial charge in [0.05, 0.1) is 14.2 Å². The van der Waals surface area contributed by atoms with Crippen LogP contribution in [-0.2, 0) is 4.79 Å². The van der Waals surface area contributed by atoms with Gasteiger partial charge < -0.3 is 30.0 Å². The molecule has 1 aromatic heterocycles. The predicted octanol–water partition coefficient (Wildman–Crippen LogP) is 2.74. The number of rotatable bonds is 10. The number of ether oxygens (including phenoxy) is 2. The van der Waals surface area contributed by atoms with Gasteiger partial charge in [0.1, 0.15) is 6.04 Å². The number of aromatic nitrogens is 1. The zero-order valence-electron chi connectivity index (χ0n) is 16.5. The number of aliphatic hydroxyl groups is 1. The van der Waals surface area contributed by atoms with Crippen molar-refractivity contribution >= 4 is 16.9 Å². The van der Waals surface area contributed by atoms with Gasteiger partial charge in [0.25, 0.3) is 0 Å². The van der Waals surface area contributed by atoms with Gasteiger partial charge in [-0.25, -0.2) is 0 Å². The van der Waals surface area contributed by atoms with Gasteiger partial charge >= 0.3 is 5.97 Å². The molecule has 2 aromatic carbocycles. The second-order valence-corrected chi connectivity index (χ2v) is 6.74. The molecule has 1 heterocycles. The second kappa shape index (κ2) is 9.45. The standard InChI is InChI=1S/C22H26N2O5/c1-28-20-9-5-7-15(21(20)29-2)17(13-24-19(10-11-25)22(26)27)16-12-23-18-8-4-3-6-14(16)18/h3-9,12,17,19,23-25H,10-11,13H2,1-2H3,(H,26,27)/t17-,19-/m0/s1. The molecule has 3 rings (SSSR count). The number of H-pyrrole nitrogens is 1. The van der Waals surface area contributed by atoms with E-state index in [0.717, 1.165) is 22.0 Å². The molecule has 0 bridgehead atoms. The molecule has 29 heavy (non-hydrogen) atoms. The second-order valence-electron chi connectivity index (χ2n) is 6.74. The molecule has 0 aliphatic rings. The van der Waals surface area contributed by atoms with E-state index in [1.54, 1.807) is 14.2 Å². The number of aliphatic hydroxyl groups excluding tert-OH is 1. The SMILES string of the molecule is COc1cccc([C@H](CN[C@@H](CCO)C(=O)O)c2c[nH]c3ccccc23)c1OC. The van der Waals surface area contributed by atoms with Gasteiger partial charge in [-0.3, -0.25) is 4.79 Å². The number of aliphatic carboxylic acids is 1. The number of carboxylic acid groups (broad SMARTS) is 1. The third-order valence-electron chi connectivity index (χ3n) is 5.09. The topological polar surface area (TPSA) is 104 Å². The maximum Gasteiger partial charge on any atom is 0.320 e. The fourth-order valence-electron chi connectivity index (χ4n) is 3.66. The molecule has 0 unspecified atom stereocenters. The first-order chi connectivity index (χ1) is 14.1. The number of hydrogen-bond acceptors (Lipinski definition) is 5. The highest BCUT2D eigenvalue weighted by Gasteiger charge is 2.26. The summed E-state index contributed by atoms with van der Waals surface area (Å²) in [5.74, 6) is 0.0344. The van der Waals surface area contributed by atoms with E-state index in [1.165, 1.54) is 0 Å². The van der Waals surface area contributed by atoms with Crippen molar-refractivity contribution in [3.8, 4) is 11.5 Å². The number of carbonyl (C=O) groups is 1. The number of fused-ring (bicyclic) bond motifs is 1. The van der Waals surface area contributed by atoms with E-state index in [4.69, 9.17) is 9.47 Å². The molecule has 0 aliphatic carbocycles. The lowest BCUT2D eigenvalue weighted by atomic mass is 9.89. The van der Waals surface area contributed by atoms with Crippen molar-refractivity contribution in [2.24, 2.45) is 0 Å². The monoisotopic (exact) mass is 398 g/mol. The van der Waals surface area contributed by atoms with Crippen molar-refractivity contribution in [1.82, 2.24) is 10.3 Å². The molecule has 0 radical (unpaired) electrons. The number of hydrogen-bond donors (Lipinski definition) is 4. The highest BCUT2D eigenvalue weighted by atomic mass is 16.5. The molecule has 154 valence electrons. The van der Waals surface area contributed by atoms with Crippen molar-refractivity contribution < 1.29 is 24.5 Å². The molecule has 0 spiro atoms. The summed E-state index contributed by atoms with van der Waals surface area (Å²) < 4.78 is 11.1. The predicted molar refractivity (Wildman–Crippen MR) is 111 cm³/mol. The van der Waals surface area contributed by atoms with E-state index < -0.39 is 12.0 Å². The summed E-state index contributed by atoms with van der Waals surface area (Å²) in [5, 5.41) is 22.8. The van der Waals surface area contributed by atoms with Crippen LogP contribution in [-0.4, -0.2) is 54.6 Å². The van der Waals surface area contributed by atoms with Gasteiger partial charge in [-0.15, -0.1) is 0 Å². The van der Waals surface area contributed by atoms with Crippen molar-refractivity contribution in [3.05, 3.63) is 59.8 Å². The highest BCUT2D eigenvalue weighted by Crippen LogP contribution is 2.40. The average Bonchev–Trinajstić information content (AvgIpc) is 3.16. The maximum absolute atomic E-state index is 11.5. The van der Waals surface area contributed by atoms with Crippen LogP contribution in [0.3, 0.4) is 0 Å². The summed E-state index contributed by atoms with van der Waals surface area (Å²) in [6.07, 6.45) is 2.07. The zero-order chi connectivity index (χ0) is 20.8. The fourth-order valence-corrected chi connectivity index (χ4v) is 3.66. The van der Waals surface area contributed by atoms with Crippen molar-refractivity contribution in [3.63, 3.8) is 0 Å². The Balaban J connectivity index is 2.06. The number of methoxy groups -OCH3 is 2. The molecule has 7 heteroatoms. The molecule has 4 N–H and O–H groups in total. The van der Waals surface area contributed by atoms with Crippen LogP contribution in [0.1, 0.15) is 23.5 Å². The largest absolute Gasteiger partial charge is 0.493 e. The van der Waals surface area contributed by atoms with Crippen LogP contribution in [0, 0.1) is 0 Å².